The number of hydrogen-bond acceptors (Lipinski definition) is 6. The predicted molar refractivity (Wildman–Crippen MR) is 139 cm³/mol. The summed E-state index contributed by atoms with van der Waals surface area (Å²) in [5, 5.41) is 5.85. The van der Waals surface area contributed by atoms with Crippen molar-refractivity contribution in [3.05, 3.63) is 60.8 Å². The van der Waals surface area contributed by atoms with Crippen LogP contribution in [0.2, 0.25) is 0 Å². The van der Waals surface area contributed by atoms with Gasteiger partial charge in [-0.2, -0.15) is 0 Å². The van der Waals surface area contributed by atoms with Gasteiger partial charge in [-0.3, -0.25) is 4.90 Å². The molecule has 2 N–H and O–H groups in total. The predicted octanol–water partition coefficient (Wildman–Crippen LogP) is 3.49. The van der Waals surface area contributed by atoms with Crippen LogP contribution in [0.15, 0.2) is 55.0 Å². The Labute approximate surface area is 201 Å². The minimum absolute atomic E-state index is 0.403. The largest absolute Gasteiger partial charge is 0.350 e. The summed E-state index contributed by atoms with van der Waals surface area (Å²) in [6.07, 6.45) is 9.39. The monoisotopic (exact) mass is 451 g/mol. The molecule has 4 aromatic rings. The number of aromatic nitrogens is 4. The second-order valence-corrected chi connectivity index (χ2v) is 9.77. The third-order valence-corrected chi connectivity index (χ3v) is 7.28. The summed E-state index contributed by atoms with van der Waals surface area (Å²) < 4.78 is 0. The molecule has 0 radical (unpaired) electrons. The highest BCUT2D eigenvalue weighted by atomic mass is 15.2. The van der Waals surface area contributed by atoms with E-state index in [1.165, 1.54) is 23.6 Å². The van der Waals surface area contributed by atoms with Crippen LogP contribution in [0.3, 0.4) is 0 Å². The van der Waals surface area contributed by atoms with Crippen molar-refractivity contribution < 1.29 is 0 Å². The van der Waals surface area contributed by atoms with Gasteiger partial charge in [0, 0.05) is 42.3 Å². The van der Waals surface area contributed by atoms with Crippen molar-refractivity contribution in [3.63, 3.8) is 0 Å². The molecule has 34 heavy (non-hydrogen) atoms. The summed E-state index contributed by atoms with van der Waals surface area (Å²) >= 11 is 0. The molecular weight excluding hydrogens is 421 g/mol. The molecule has 2 atom stereocenters. The van der Waals surface area contributed by atoms with E-state index in [-0.39, 0.29) is 0 Å². The lowest BCUT2D eigenvalue weighted by molar-refractivity contribution is 0.307. The molecule has 0 spiro atoms. The van der Waals surface area contributed by atoms with E-state index < -0.39 is 0 Å². The Kier molecular flexibility index (Phi) is 5.55. The molecule has 1 unspecified atom stereocenters. The van der Waals surface area contributed by atoms with Gasteiger partial charge in [0.05, 0.1) is 11.7 Å². The molecular formula is C26H30BN7. The fraction of sp³-hybridized carbons (Fsp3) is 0.346. The first-order chi connectivity index (χ1) is 16.6. The summed E-state index contributed by atoms with van der Waals surface area (Å²) in [5.74, 6) is 1.78. The second-order valence-electron chi connectivity index (χ2n) is 9.77. The number of likely N-dealkylation sites (tertiary alicyclic amines) is 1. The molecule has 172 valence electrons. The minimum atomic E-state index is 0.403. The van der Waals surface area contributed by atoms with Crippen molar-refractivity contribution in [3.8, 4) is 22.4 Å². The zero-order valence-corrected chi connectivity index (χ0v) is 19.8. The third-order valence-electron chi connectivity index (χ3n) is 7.28. The summed E-state index contributed by atoms with van der Waals surface area (Å²) in [6.45, 7) is 3.30. The second kappa shape index (κ2) is 8.85. The van der Waals surface area contributed by atoms with Gasteiger partial charge in [0.25, 0.3) is 0 Å². The van der Waals surface area contributed by atoms with E-state index >= 15 is 0 Å². The Morgan fingerprint density at radius 3 is 2.44 bits per heavy atom. The number of fused-ring (bicyclic) bond motifs is 1. The molecule has 4 heterocycles. The van der Waals surface area contributed by atoms with Gasteiger partial charge in [0.1, 0.15) is 5.82 Å². The molecule has 0 saturated carbocycles. The molecule has 8 heteroatoms. The molecule has 2 aliphatic rings. The van der Waals surface area contributed by atoms with Gasteiger partial charge in [-0.05, 0) is 67.9 Å². The minimum Gasteiger partial charge on any atom is -0.350 e. The fourth-order valence-corrected chi connectivity index (χ4v) is 5.28. The summed E-state index contributed by atoms with van der Waals surface area (Å²) in [4.78, 5) is 22.1. The maximum atomic E-state index is 4.91. The van der Waals surface area contributed by atoms with Gasteiger partial charge in [0.2, 0.25) is 5.95 Å². The van der Waals surface area contributed by atoms with Gasteiger partial charge < -0.3 is 15.1 Å². The van der Waals surface area contributed by atoms with Crippen molar-refractivity contribution in [2.45, 2.75) is 31.3 Å². The standard InChI is InChI=1S/C26H30BN7/c1-33-9-2-3-24(33)25-28-15-23(32-25)20-7-6-17-11-19(5-4-18(17)12-20)21-13-29-26(30-14-21)31-22-8-10-34(27)16-22/h4-7,11-15,22,24H,2-3,8-10,16,27H2,1H3,(H,28,32)(H,29,30,31)/t22?,24-/m0/s1. The van der Waals surface area contributed by atoms with Crippen LogP contribution in [-0.4, -0.2) is 70.4 Å². The highest BCUT2D eigenvalue weighted by molar-refractivity contribution is 6.04. The van der Waals surface area contributed by atoms with Crippen LogP contribution in [-0.2, 0) is 0 Å². The molecule has 0 bridgehead atoms. The lowest BCUT2D eigenvalue weighted by Crippen LogP contribution is -2.25. The Hall–Kier alpha value is -3.23. The third kappa shape index (κ3) is 4.19. The van der Waals surface area contributed by atoms with E-state index in [2.05, 4.69) is 81.4 Å². The van der Waals surface area contributed by atoms with Gasteiger partial charge >= 0.3 is 0 Å². The first-order valence-electron chi connectivity index (χ1n) is 12.2. The smallest absolute Gasteiger partial charge is 0.222 e. The molecule has 7 nitrogen and oxygen atoms in total. The zero-order valence-electron chi connectivity index (χ0n) is 19.8. The quantitative estimate of drug-likeness (QED) is 0.453. The first kappa shape index (κ1) is 21.3. The van der Waals surface area contributed by atoms with Crippen LogP contribution in [0.5, 0.6) is 0 Å². The number of hydrogen-bond donors (Lipinski definition) is 2. The number of nitrogens with zero attached hydrogens (tertiary/aromatic N) is 5. The number of benzene rings is 2. The van der Waals surface area contributed by atoms with Crippen LogP contribution in [0.1, 0.15) is 31.1 Å². The van der Waals surface area contributed by atoms with Gasteiger partial charge in [0.15, 0.2) is 7.98 Å². The molecule has 2 aliphatic heterocycles. The van der Waals surface area contributed by atoms with E-state index in [1.54, 1.807) is 0 Å². The van der Waals surface area contributed by atoms with Crippen molar-refractivity contribution >= 4 is 24.7 Å². The average molecular weight is 451 g/mol. The number of anilines is 1. The van der Waals surface area contributed by atoms with Crippen molar-refractivity contribution in [2.24, 2.45) is 0 Å². The Balaban J connectivity index is 1.20. The molecule has 0 aliphatic carbocycles. The maximum absolute atomic E-state index is 4.91. The molecule has 2 aromatic carbocycles. The number of rotatable bonds is 5. The van der Waals surface area contributed by atoms with Gasteiger partial charge in [-0.1, -0.05) is 24.3 Å². The van der Waals surface area contributed by atoms with Crippen LogP contribution in [0.25, 0.3) is 33.2 Å². The van der Waals surface area contributed by atoms with Crippen LogP contribution < -0.4 is 5.32 Å². The Bertz CT molecular complexity index is 1300. The highest BCUT2D eigenvalue weighted by Crippen LogP contribution is 2.31. The topological polar surface area (TPSA) is 73.0 Å². The number of nitrogens with one attached hydrogen (secondary N) is 2. The van der Waals surface area contributed by atoms with E-state index in [0.29, 0.717) is 18.0 Å². The number of imidazole rings is 1. The lowest BCUT2D eigenvalue weighted by atomic mass is 10.0. The van der Waals surface area contributed by atoms with Crippen LogP contribution in [0.4, 0.5) is 5.95 Å². The Morgan fingerprint density at radius 2 is 1.74 bits per heavy atom. The van der Waals surface area contributed by atoms with Crippen molar-refractivity contribution in [1.82, 2.24) is 29.6 Å². The first-order valence-corrected chi connectivity index (χ1v) is 12.2. The van der Waals surface area contributed by atoms with E-state index in [9.17, 15) is 0 Å². The van der Waals surface area contributed by atoms with Crippen molar-refractivity contribution in [2.75, 3.05) is 32.0 Å². The van der Waals surface area contributed by atoms with Crippen molar-refractivity contribution in [1.29, 1.82) is 0 Å². The highest BCUT2D eigenvalue weighted by Gasteiger charge is 2.25. The normalized spacial score (nSPS) is 21.4. The van der Waals surface area contributed by atoms with E-state index in [0.717, 1.165) is 54.3 Å². The van der Waals surface area contributed by atoms with Crippen LogP contribution >= 0.6 is 0 Å². The summed E-state index contributed by atoms with van der Waals surface area (Å²) in [5.41, 5.74) is 4.29. The van der Waals surface area contributed by atoms with E-state index in [1.807, 2.05) is 18.6 Å². The summed E-state index contributed by atoms with van der Waals surface area (Å²) in [6, 6.07) is 13.9. The lowest BCUT2D eigenvalue weighted by Gasteiger charge is -2.16. The van der Waals surface area contributed by atoms with Gasteiger partial charge in [-0.15, -0.1) is 0 Å². The van der Waals surface area contributed by atoms with Crippen LogP contribution in [0, 0.1) is 0 Å². The average Bonchev–Trinajstić information content (AvgIpc) is 3.60. The van der Waals surface area contributed by atoms with E-state index in [4.69, 9.17) is 4.98 Å². The fourth-order valence-electron chi connectivity index (χ4n) is 5.28. The molecule has 6 rings (SSSR count). The summed E-state index contributed by atoms with van der Waals surface area (Å²) in [7, 11) is 4.33. The SMILES string of the molecule is BN1CCC(Nc2ncc(-c3ccc4cc(-c5c[nH]c([C@@H]6CCCN6C)n5)ccc4c3)cn2)C1. The number of H-pyrrole nitrogens is 1. The molecule has 0 amide bonds. The Morgan fingerprint density at radius 1 is 0.971 bits per heavy atom. The maximum Gasteiger partial charge on any atom is 0.222 e. The molecule has 2 saturated heterocycles. The van der Waals surface area contributed by atoms with Gasteiger partial charge in [-0.25, -0.2) is 15.0 Å². The molecule has 2 fully saturated rings. The number of aromatic amines is 1. The molecule has 2 aromatic heterocycles. The zero-order chi connectivity index (χ0) is 23.1.